The molecule has 1 aliphatic rings. The van der Waals surface area contributed by atoms with Crippen LogP contribution in [0.4, 0.5) is 17.3 Å². The number of rotatable bonds is 2. The van der Waals surface area contributed by atoms with E-state index in [1.54, 1.807) is 11.3 Å². The second kappa shape index (κ2) is 7.15. The number of hydrogen-bond donors (Lipinski definition) is 4. The number of nitrogen functional groups attached to an aromatic ring is 2. The van der Waals surface area contributed by atoms with Crippen LogP contribution in [-0.2, 0) is 0 Å². The molecule has 142 valence electrons. The molecular formula is C20H16N8S. The zero-order chi connectivity index (χ0) is 20.5. The van der Waals surface area contributed by atoms with Crippen LogP contribution >= 0.6 is 11.3 Å². The van der Waals surface area contributed by atoms with Crippen LogP contribution in [0.25, 0.3) is 10.4 Å². The number of pyridine rings is 1. The van der Waals surface area contributed by atoms with Gasteiger partial charge in [-0.1, -0.05) is 18.2 Å². The molecule has 29 heavy (non-hydrogen) atoms. The van der Waals surface area contributed by atoms with Gasteiger partial charge in [-0.15, -0.1) is 11.3 Å². The van der Waals surface area contributed by atoms with Crippen LogP contribution in [0, 0.1) is 29.7 Å². The summed E-state index contributed by atoms with van der Waals surface area (Å²) in [6.45, 7) is 2.06. The van der Waals surface area contributed by atoms with Crippen molar-refractivity contribution in [3.05, 3.63) is 58.0 Å². The van der Waals surface area contributed by atoms with Crippen molar-refractivity contribution in [1.82, 2.24) is 10.3 Å². The number of benzene rings is 1. The largest absolute Gasteiger partial charge is 0.397 e. The number of hydrogen-bond acceptors (Lipinski definition) is 9. The van der Waals surface area contributed by atoms with Crippen molar-refractivity contribution in [2.24, 2.45) is 4.99 Å². The zero-order valence-electron chi connectivity index (χ0n) is 15.4. The molecule has 9 heteroatoms. The fraction of sp³-hybridized carbons (Fsp3) is 0.100. The maximum absolute atomic E-state index is 9.43. The van der Waals surface area contributed by atoms with Gasteiger partial charge in [0.1, 0.15) is 29.3 Å². The fourth-order valence-corrected chi connectivity index (χ4v) is 4.14. The average molecular weight is 400 g/mol. The standard InChI is InChI=1S/C20H16N8S/c1-10-5-6-14(29-10)11-3-2-4-12(7-11)17-15-16(23)13(8-21)18(24)27-19(15)28-20(26-17)25-9-22/h2-7,17H,1H3,(H6,23,24,25,26,27,28). The SMILES string of the molecule is Cc1ccc(-c2cccc(C3N=C(NC#N)Nc4nc(N)c(C#N)c(N)c43)c2)s1. The number of aromatic nitrogens is 1. The van der Waals surface area contributed by atoms with Crippen molar-refractivity contribution in [3.8, 4) is 22.7 Å². The van der Waals surface area contributed by atoms with Gasteiger partial charge < -0.3 is 16.8 Å². The van der Waals surface area contributed by atoms with E-state index in [4.69, 9.17) is 16.7 Å². The predicted molar refractivity (Wildman–Crippen MR) is 114 cm³/mol. The summed E-state index contributed by atoms with van der Waals surface area (Å²) < 4.78 is 0. The molecular weight excluding hydrogens is 384 g/mol. The molecule has 0 radical (unpaired) electrons. The molecule has 4 rings (SSSR count). The maximum atomic E-state index is 9.43. The van der Waals surface area contributed by atoms with Crippen molar-refractivity contribution < 1.29 is 0 Å². The molecule has 2 aromatic heterocycles. The van der Waals surface area contributed by atoms with Crippen molar-refractivity contribution in [2.75, 3.05) is 16.8 Å². The van der Waals surface area contributed by atoms with E-state index in [1.807, 2.05) is 36.5 Å². The Kier molecular flexibility index (Phi) is 4.51. The molecule has 8 nitrogen and oxygen atoms in total. The van der Waals surface area contributed by atoms with Crippen molar-refractivity contribution >= 4 is 34.6 Å². The Balaban J connectivity index is 1.89. The van der Waals surface area contributed by atoms with Gasteiger partial charge in [0.2, 0.25) is 5.96 Å². The number of nitrogens with zero attached hydrogens (tertiary/aromatic N) is 4. The molecule has 0 spiro atoms. The zero-order valence-corrected chi connectivity index (χ0v) is 16.2. The number of aryl methyl sites for hydroxylation is 1. The number of nitrogens with one attached hydrogen (secondary N) is 2. The lowest BCUT2D eigenvalue weighted by molar-refractivity contribution is 0.847. The molecule has 0 aliphatic carbocycles. The summed E-state index contributed by atoms with van der Waals surface area (Å²) in [5.41, 5.74) is 15.0. The summed E-state index contributed by atoms with van der Waals surface area (Å²) in [4.78, 5) is 11.2. The lowest BCUT2D eigenvalue weighted by atomic mass is 9.94. The molecule has 0 saturated heterocycles. The monoisotopic (exact) mass is 400 g/mol. The lowest BCUT2D eigenvalue weighted by Gasteiger charge is -2.26. The van der Waals surface area contributed by atoms with Crippen LogP contribution < -0.4 is 22.1 Å². The number of nitrogens with two attached hydrogens (primary N) is 2. The van der Waals surface area contributed by atoms with Gasteiger partial charge in [-0.2, -0.15) is 10.5 Å². The Labute approximate surface area is 171 Å². The van der Waals surface area contributed by atoms with Gasteiger partial charge in [0.05, 0.1) is 5.69 Å². The van der Waals surface area contributed by atoms with E-state index >= 15 is 0 Å². The first kappa shape index (κ1) is 18.3. The molecule has 0 amide bonds. The van der Waals surface area contributed by atoms with Crippen LogP contribution in [0.1, 0.15) is 27.6 Å². The number of aliphatic imine (C=N–C) groups is 1. The van der Waals surface area contributed by atoms with Gasteiger partial charge in [0.25, 0.3) is 0 Å². The van der Waals surface area contributed by atoms with Gasteiger partial charge >= 0.3 is 0 Å². The van der Waals surface area contributed by atoms with E-state index < -0.39 is 6.04 Å². The minimum Gasteiger partial charge on any atom is -0.397 e. The number of thiophene rings is 1. The summed E-state index contributed by atoms with van der Waals surface area (Å²) in [5, 5.41) is 23.9. The number of nitriles is 2. The highest BCUT2D eigenvalue weighted by molar-refractivity contribution is 7.15. The first-order chi connectivity index (χ1) is 14.0. The summed E-state index contributed by atoms with van der Waals surface area (Å²) >= 11 is 1.70. The van der Waals surface area contributed by atoms with E-state index in [0.717, 1.165) is 16.0 Å². The predicted octanol–water partition coefficient (Wildman–Crippen LogP) is 3.10. The summed E-state index contributed by atoms with van der Waals surface area (Å²) in [6, 6.07) is 13.5. The van der Waals surface area contributed by atoms with Crippen molar-refractivity contribution in [1.29, 1.82) is 10.5 Å². The Morgan fingerprint density at radius 2 is 2.03 bits per heavy atom. The van der Waals surface area contributed by atoms with E-state index in [9.17, 15) is 5.26 Å². The number of anilines is 3. The molecule has 1 unspecified atom stereocenters. The van der Waals surface area contributed by atoms with Gasteiger partial charge in [0.15, 0.2) is 6.19 Å². The van der Waals surface area contributed by atoms with Crippen molar-refractivity contribution in [2.45, 2.75) is 13.0 Å². The van der Waals surface area contributed by atoms with Gasteiger partial charge in [-0.25, -0.2) is 9.98 Å². The fourth-order valence-electron chi connectivity index (χ4n) is 3.27. The van der Waals surface area contributed by atoms with Crippen LogP contribution in [-0.4, -0.2) is 10.9 Å². The van der Waals surface area contributed by atoms with Crippen LogP contribution in [0.15, 0.2) is 41.4 Å². The molecule has 1 aromatic carbocycles. The topological polar surface area (TPSA) is 149 Å². The molecule has 1 atom stereocenters. The molecule has 0 saturated carbocycles. The molecule has 1 aliphatic heterocycles. The van der Waals surface area contributed by atoms with Gasteiger partial charge in [-0.05, 0) is 36.2 Å². The smallest absolute Gasteiger partial charge is 0.211 e. The first-order valence-corrected chi connectivity index (χ1v) is 9.49. The molecule has 3 heterocycles. The van der Waals surface area contributed by atoms with E-state index in [1.165, 1.54) is 4.88 Å². The highest BCUT2D eigenvalue weighted by Gasteiger charge is 2.29. The van der Waals surface area contributed by atoms with E-state index in [0.29, 0.717) is 11.4 Å². The second-order valence-electron chi connectivity index (χ2n) is 6.44. The Hall–Kier alpha value is -4.08. The highest BCUT2D eigenvalue weighted by atomic mass is 32.1. The maximum Gasteiger partial charge on any atom is 0.211 e. The van der Waals surface area contributed by atoms with Crippen LogP contribution in [0.3, 0.4) is 0 Å². The van der Waals surface area contributed by atoms with Crippen LogP contribution in [0.5, 0.6) is 0 Å². The third-order valence-electron chi connectivity index (χ3n) is 4.58. The number of guanidine groups is 1. The third-order valence-corrected chi connectivity index (χ3v) is 5.63. The normalized spacial score (nSPS) is 14.7. The molecule has 0 fully saturated rings. The lowest BCUT2D eigenvalue weighted by Crippen LogP contribution is -2.32. The summed E-state index contributed by atoms with van der Waals surface area (Å²) in [6.07, 6.45) is 1.85. The minimum absolute atomic E-state index is 0.0241. The summed E-state index contributed by atoms with van der Waals surface area (Å²) in [7, 11) is 0. The third kappa shape index (κ3) is 3.20. The Bertz CT molecular complexity index is 1230. The summed E-state index contributed by atoms with van der Waals surface area (Å²) in [5.74, 6) is 0.628. The Morgan fingerprint density at radius 3 is 2.72 bits per heavy atom. The highest BCUT2D eigenvalue weighted by Crippen LogP contribution is 2.41. The van der Waals surface area contributed by atoms with E-state index in [2.05, 4.69) is 39.7 Å². The first-order valence-electron chi connectivity index (χ1n) is 8.67. The second-order valence-corrected chi connectivity index (χ2v) is 7.73. The number of fused-ring (bicyclic) bond motifs is 1. The van der Waals surface area contributed by atoms with Crippen molar-refractivity contribution in [3.63, 3.8) is 0 Å². The van der Waals surface area contributed by atoms with Gasteiger partial charge in [0, 0.05) is 15.3 Å². The Morgan fingerprint density at radius 1 is 1.21 bits per heavy atom. The average Bonchev–Trinajstić information content (AvgIpc) is 3.14. The van der Waals surface area contributed by atoms with Crippen LogP contribution in [0.2, 0.25) is 0 Å². The quantitative estimate of drug-likeness (QED) is 0.381. The minimum atomic E-state index is -0.552. The van der Waals surface area contributed by atoms with E-state index in [-0.39, 0.29) is 23.0 Å². The molecule has 3 aromatic rings. The van der Waals surface area contributed by atoms with Gasteiger partial charge in [-0.3, -0.25) is 5.32 Å². The molecule has 6 N–H and O–H groups in total. The molecule has 0 bridgehead atoms.